The van der Waals surface area contributed by atoms with E-state index in [1.165, 1.54) is 12.1 Å². The first-order valence-corrected chi connectivity index (χ1v) is 20.8. The quantitative estimate of drug-likeness (QED) is 0.129. The van der Waals surface area contributed by atoms with Crippen molar-refractivity contribution < 1.29 is 27.6 Å². The lowest BCUT2D eigenvalue weighted by molar-refractivity contribution is 0.282. The van der Waals surface area contributed by atoms with Crippen LogP contribution in [0.15, 0.2) is 163 Å². The van der Waals surface area contributed by atoms with E-state index in [4.69, 9.17) is 24.4 Å². The highest BCUT2D eigenvalue weighted by Crippen LogP contribution is 2.44. The Morgan fingerprint density at radius 3 is 1.15 bits per heavy atom. The molecule has 0 unspecified atom stereocenters. The molecule has 0 saturated heterocycles. The largest absolute Gasteiger partial charge is 0.497 e. The minimum Gasteiger partial charge on any atom is -0.497 e. The summed E-state index contributed by atoms with van der Waals surface area (Å²) in [5.41, 5.74) is 9.27. The summed E-state index contributed by atoms with van der Waals surface area (Å²) < 4.78 is 51.8. The minimum atomic E-state index is -4.49. The molecule has 13 heteroatoms. The number of aliphatic hydroxyl groups excluding tert-OH is 1. The summed E-state index contributed by atoms with van der Waals surface area (Å²) in [5, 5.41) is 9.95. The SMILES string of the molecule is COc1ccc(-c2nc3c(c4nc(-c5ccc(CO)cc5)n(-c5ccccc5)c4c4nc(-c5ccc(OC)cc5)n(-c5ccc(S(=O)(=O)O)cc5)c43)n2-c2ccccc2)cc1. The Hall–Kier alpha value is -7.58. The van der Waals surface area contributed by atoms with Crippen molar-refractivity contribution in [1.82, 2.24) is 28.7 Å². The molecule has 0 aliphatic rings. The molecule has 0 atom stereocenters. The number of rotatable bonds is 10. The molecule has 3 aromatic heterocycles. The van der Waals surface area contributed by atoms with Crippen molar-refractivity contribution in [3.63, 3.8) is 0 Å². The van der Waals surface area contributed by atoms with Crippen LogP contribution in [0.5, 0.6) is 11.5 Å². The Kier molecular flexibility index (Phi) is 9.21. The summed E-state index contributed by atoms with van der Waals surface area (Å²) in [6, 6.07) is 49.0. The first-order valence-electron chi connectivity index (χ1n) is 19.3. The van der Waals surface area contributed by atoms with Gasteiger partial charge < -0.3 is 14.6 Å². The molecule has 3 heterocycles. The van der Waals surface area contributed by atoms with E-state index in [2.05, 4.69) is 9.13 Å². The zero-order valence-corrected chi connectivity index (χ0v) is 33.7. The van der Waals surface area contributed by atoms with Crippen LogP contribution in [0.3, 0.4) is 0 Å². The van der Waals surface area contributed by atoms with E-state index in [-0.39, 0.29) is 11.5 Å². The Balaban J connectivity index is 1.45. The molecule has 12 nitrogen and oxygen atoms in total. The highest BCUT2D eigenvalue weighted by molar-refractivity contribution is 7.85. The van der Waals surface area contributed by atoms with Gasteiger partial charge in [-0.2, -0.15) is 8.42 Å². The third-order valence-corrected chi connectivity index (χ3v) is 11.7. The number of imidazole rings is 3. The van der Waals surface area contributed by atoms with Crippen LogP contribution >= 0.6 is 0 Å². The van der Waals surface area contributed by atoms with Gasteiger partial charge in [0.15, 0.2) is 0 Å². The van der Waals surface area contributed by atoms with Gasteiger partial charge in [0.2, 0.25) is 0 Å². The summed E-state index contributed by atoms with van der Waals surface area (Å²) in [5.74, 6) is 3.19. The predicted molar refractivity (Wildman–Crippen MR) is 235 cm³/mol. The topological polar surface area (TPSA) is 147 Å². The van der Waals surface area contributed by atoms with E-state index < -0.39 is 10.1 Å². The maximum Gasteiger partial charge on any atom is 0.294 e. The molecule has 0 aliphatic carbocycles. The molecule has 0 fully saturated rings. The van der Waals surface area contributed by atoms with Crippen LogP contribution in [-0.2, 0) is 16.7 Å². The maximum absolute atomic E-state index is 12.3. The van der Waals surface area contributed by atoms with Crippen molar-refractivity contribution in [3.05, 3.63) is 163 Å². The van der Waals surface area contributed by atoms with Gasteiger partial charge in [-0.15, -0.1) is 0 Å². The second-order valence-corrected chi connectivity index (χ2v) is 15.8. The minimum absolute atomic E-state index is 0.0994. The van der Waals surface area contributed by atoms with Gasteiger partial charge in [0.1, 0.15) is 62.1 Å². The molecule has 0 saturated carbocycles. The monoisotopic (exact) mass is 824 g/mol. The number of benzene rings is 7. The van der Waals surface area contributed by atoms with Crippen LogP contribution in [0.2, 0.25) is 0 Å². The Bertz CT molecular complexity index is 3280. The third kappa shape index (κ3) is 6.39. The van der Waals surface area contributed by atoms with Crippen molar-refractivity contribution in [2.75, 3.05) is 14.2 Å². The van der Waals surface area contributed by atoms with Crippen molar-refractivity contribution in [2.24, 2.45) is 0 Å². The van der Waals surface area contributed by atoms with Crippen LogP contribution in [0.25, 0.3) is 84.3 Å². The molecule has 10 aromatic rings. The van der Waals surface area contributed by atoms with Gasteiger partial charge in [0, 0.05) is 33.8 Å². The molecule has 0 spiro atoms. The lowest BCUT2D eigenvalue weighted by Gasteiger charge is -2.13. The van der Waals surface area contributed by atoms with Gasteiger partial charge in [-0.1, -0.05) is 60.7 Å². The number of aromatic nitrogens is 6. The number of nitrogens with zero attached hydrogens (tertiary/aromatic N) is 6. The molecule has 2 N–H and O–H groups in total. The van der Waals surface area contributed by atoms with Crippen molar-refractivity contribution in [3.8, 4) is 62.7 Å². The van der Waals surface area contributed by atoms with Gasteiger partial charge >= 0.3 is 0 Å². The van der Waals surface area contributed by atoms with E-state index in [9.17, 15) is 18.1 Å². The Labute approximate surface area is 349 Å². The van der Waals surface area contributed by atoms with Crippen LogP contribution in [0.4, 0.5) is 0 Å². The molecule has 0 aliphatic heterocycles. The van der Waals surface area contributed by atoms with Crippen LogP contribution in [0, 0.1) is 0 Å². The van der Waals surface area contributed by atoms with Crippen LogP contribution in [-0.4, -0.2) is 60.9 Å². The number of hydrogen-bond acceptors (Lipinski definition) is 8. The molecule has 300 valence electrons. The zero-order valence-electron chi connectivity index (χ0n) is 32.8. The fourth-order valence-electron chi connectivity index (χ4n) is 7.91. The number of para-hydroxylation sites is 2. The second-order valence-electron chi connectivity index (χ2n) is 14.4. The number of methoxy groups -OCH3 is 2. The van der Waals surface area contributed by atoms with Gasteiger partial charge in [-0.3, -0.25) is 18.3 Å². The maximum atomic E-state index is 12.3. The van der Waals surface area contributed by atoms with Crippen LogP contribution < -0.4 is 9.47 Å². The lowest BCUT2D eigenvalue weighted by Crippen LogP contribution is -2.02. The number of fused-ring (bicyclic) bond motifs is 6. The Morgan fingerprint density at radius 1 is 0.475 bits per heavy atom. The normalized spacial score (nSPS) is 11.8. The van der Waals surface area contributed by atoms with Crippen molar-refractivity contribution in [2.45, 2.75) is 11.5 Å². The van der Waals surface area contributed by atoms with E-state index in [1.807, 2.05) is 138 Å². The van der Waals surface area contributed by atoms with Crippen molar-refractivity contribution >= 4 is 43.2 Å². The first-order chi connectivity index (χ1) is 29.7. The van der Waals surface area contributed by atoms with Crippen molar-refractivity contribution in [1.29, 1.82) is 0 Å². The van der Waals surface area contributed by atoms with Gasteiger partial charge in [-0.05, 0) is 103 Å². The predicted octanol–water partition coefficient (Wildman–Crippen LogP) is 9.46. The molecule has 0 bridgehead atoms. The highest BCUT2D eigenvalue weighted by atomic mass is 32.2. The standard InChI is InChI=1S/C48H36N6O6S/c1-59-37-23-17-32(18-24-37)47-50-41-44(53(47)35-11-7-4-8-12-35)40-43(52(34-9-5-3-6-10-34)46(49-40)31-15-13-30(29-55)14-16-31)42-45(41)54(36-21-27-39(28-22-36)61(56,57)58)48(51-42)33-19-25-38(60-2)26-20-33/h3-28,55H,29H2,1-2H3,(H,56,57,58). The molecule has 61 heavy (non-hydrogen) atoms. The second kappa shape index (κ2) is 14.9. The molecular formula is C48H36N6O6S. The molecule has 0 radical (unpaired) electrons. The first kappa shape index (κ1) is 37.7. The molecule has 10 rings (SSSR count). The average molecular weight is 825 g/mol. The zero-order chi connectivity index (χ0) is 41.8. The van der Waals surface area contributed by atoms with E-state index >= 15 is 0 Å². The average Bonchev–Trinajstić information content (AvgIpc) is 4.02. The fourth-order valence-corrected chi connectivity index (χ4v) is 8.39. The molecular weight excluding hydrogens is 789 g/mol. The summed E-state index contributed by atoms with van der Waals surface area (Å²) in [6.45, 7) is -0.0994. The summed E-state index contributed by atoms with van der Waals surface area (Å²) in [6.07, 6.45) is 0. The van der Waals surface area contributed by atoms with E-state index in [1.54, 1.807) is 26.4 Å². The fraction of sp³-hybridized carbons (Fsp3) is 0.0625. The van der Waals surface area contributed by atoms with Gasteiger partial charge in [0.25, 0.3) is 10.1 Å². The highest BCUT2D eigenvalue weighted by Gasteiger charge is 2.30. The Morgan fingerprint density at radius 2 is 0.820 bits per heavy atom. The summed E-state index contributed by atoms with van der Waals surface area (Å²) >= 11 is 0. The summed E-state index contributed by atoms with van der Waals surface area (Å²) in [7, 11) is -1.25. The number of ether oxygens (including phenoxy) is 2. The summed E-state index contributed by atoms with van der Waals surface area (Å²) in [4.78, 5) is 16.3. The number of aliphatic hydroxyl groups is 1. The van der Waals surface area contributed by atoms with E-state index in [0.29, 0.717) is 67.8 Å². The molecule has 7 aromatic carbocycles. The molecule has 0 amide bonds. The van der Waals surface area contributed by atoms with Gasteiger partial charge in [-0.25, -0.2) is 15.0 Å². The van der Waals surface area contributed by atoms with Gasteiger partial charge in [0.05, 0.1) is 25.7 Å². The van der Waals surface area contributed by atoms with E-state index in [0.717, 1.165) is 33.6 Å². The lowest BCUT2D eigenvalue weighted by atomic mass is 10.1. The smallest absolute Gasteiger partial charge is 0.294 e. The number of hydrogen-bond donors (Lipinski definition) is 2. The van der Waals surface area contributed by atoms with Crippen LogP contribution in [0.1, 0.15) is 5.56 Å². The third-order valence-electron chi connectivity index (χ3n) is 10.8.